The van der Waals surface area contributed by atoms with Crippen LogP contribution < -0.4 is 0 Å². The van der Waals surface area contributed by atoms with Crippen LogP contribution in [0.2, 0.25) is 0 Å². The summed E-state index contributed by atoms with van der Waals surface area (Å²) < 4.78 is 0. The van der Waals surface area contributed by atoms with Gasteiger partial charge in [0.1, 0.15) is 0 Å². The lowest BCUT2D eigenvalue weighted by atomic mass is 10.1. The Morgan fingerprint density at radius 1 is 1.33 bits per heavy atom. The van der Waals surface area contributed by atoms with Gasteiger partial charge in [0.05, 0.1) is 0 Å². The van der Waals surface area contributed by atoms with E-state index in [-0.39, 0.29) is 0 Å². The Morgan fingerprint density at radius 3 is 2.08 bits per heavy atom. The molecule has 0 saturated carbocycles. The van der Waals surface area contributed by atoms with Gasteiger partial charge in [-0.05, 0) is 31.4 Å². The van der Waals surface area contributed by atoms with E-state index in [0.717, 1.165) is 6.42 Å². The number of hydrogen-bond acceptors (Lipinski definition) is 0. The average Bonchev–Trinajstić information content (AvgIpc) is 2.11. The zero-order chi connectivity index (χ0) is 9.98. The molecule has 0 atom stereocenters. The summed E-state index contributed by atoms with van der Waals surface area (Å²) in [6.07, 6.45) is 7.16. The van der Waals surface area contributed by atoms with Crippen molar-refractivity contribution in [3.63, 3.8) is 0 Å². The summed E-state index contributed by atoms with van der Waals surface area (Å²) in [6.45, 7) is 14.0. The van der Waals surface area contributed by atoms with Crippen LogP contribution in [0.3, 0.4) is 0 Å². The summed E-state index contributed by atoms with van der Waals surface area (Å²) in [5.74, 6) is 0. The molecule has 0 saturated heterocycles. The Labute approximate surface area is 77.7 Å². The molecule has 0 spiro atoms. The minimum atomic E-state index is 1.07. The molecule has 0 rings (SSSR count). The summed E-state index contributed by atoms with van der Waals surface area (Å²) in [4.78, 5) is 0. The second kappa shape index (κ2) is 10.2. The second-order valence-corrected chi connectivity index (χ2v) is 2.27. The molecule has 0 aliphatic carbocycles. The fraction of sp³-hybridized carbons (Fsp3) is 0.500. The van der Waals surface area contributed by atoms with E-state index in [1.165, 1.54) is 11.1 Å². The SMILES string of the molecule is C=C/C(CC)=C(C)\C=C/C.CC. The fourth-order valence-corrected chi connectivity index (χ4v) is 0.941. The van der Waals surface area contributed by atoms with Crippen LogP contribution in [0.4, 0.5) is 0 Å². The molecule has 0 radical (unpaired) electrons. The van der Waals surface area contributed by atoms with Gasteiger partial charge in [-0.15, -0.1) is 0 Å². The van der Waals surface area contributed by atoms with Crippen molar-refractivity contribution in [2.75, 3.05) is 0 Å². The molecule has 0 aromatic carbocycles. The molecule has 0 unspecified atom stereocenters. The van der Waals surface area contributed by atoms with Gasteiger partial charge in [-0.3, -0.25) is 0 Å². The van der Waals surface area contributed by atoms with E-state index in [2.05, 4.69) is 32.6 Å². The van der Waals surface area contributed by atoms with E-state index in [1.807, 2.05) is 26.8 Å². The molecule has 0 nitrogen and oxygen atoms in total. The maximum atomic E-state index is 3.74. The van der Waals surface area contributed by atoms with Gasteiger partial charge in [0, 0.05) is 0 Å². The molecule has 0 aromatic rings. The van der Waals surface area contributed by atoms with Gasteiger partial charge in [0.25, 0.3) is 0 Å². The van der Waals surface area contributed by atoms with Gasteiger partial charge in [-0.1, -0.05) is 45.6 Å². The lowest BCUT2D eigenvalue weighted by Gasteiger charge is -1.98. The number of rotatable bonds is 3. The standard InChI is InChI=1S/C10H16.C2H6/c1-5-8-9(4)10(6-2)7-3;1-2/h5-6,8H,2,7H2,1,3-4H3;1-2H3/b8-5-,10-9+;. The van der Waals surface area contributed by atoms with E-state index in [0.29, 0.717) is 0 Å². The van der Waals surface area contributed by atoms with Crippen LogP contribution in [0.1, 0.15) is 41.0 Å². The smallest absolute Gasteiger partial charge is 0.0305 e. The van der Waals surface area contributed by atoms with Crippen molar-refractivity contribution in [1.82, 2.24) is 0 Å². The normalized spacial score (nSPS) is 11.8. The van der Waals surface area contributed by atoms with Gasteiger partial charge < -0.3 is 0 Å². The largest absolute Gasteiger partial charge is 0.0988 e. The first-order valence-electron chi connectivity index (χ1n) is 4.71. The van der Waals surface area contributed by atoms with E-state index in [1.54, 1.807) is 0 Å². The highest BCUT2D eigenvalue weighted by Gasteiger charge is 1.89. The predicted octanol–water partition coefficient (Wildman–Crippen LogP) is 4.50. The Morgan fingerprint density at radius 2 is 1.83 bits per heavy atom. The summed E-state index contributed by atoms with van der Waals surface area (Å²) >= 11 is 0. The third-order valence-electron chi connectivity index (χ3n) is 1.55. The molecular weight excluding hydrogens is 144 g/mol. The Balaban J connectivity index is 0. The van der Waals surface area contributed by atoms with Gasteiger partial charge in [0.15, 0.2) is 0 Å². The third-order valence-corrected chi connectivity index (χ3v) is 1.55. The second-order valence-electron chi connectivity index (χ2n) is 2.27. The highest BCUT2D eigenvalue weighted by atomic mass is 14.0. The van der Waals surface area contributed by atoms with Gasteiger partial charge in [-0.2, -0.15) is 0 Å². The molecular formula is C12H22. The van der Waals surface area contributed by atoms with Gasteiger partial charge in [0.2, 0.25) is 0 Å². The summed E-state index contributed by atoms with van der Waals surface area (Å²) in [5, 5.41) is 0. The Hall–Kier alpha value is -0.780. The maximum absolute atomic E-state index is 3.74. The first-order valence-corrected chi connectivity index (χ1v) is 4.71. The molecule has 0 aliphatic heterocycles. The summed E-state index contributed by atoms with van der Waals surface area (Å²) in [5.41, 5.74) is 2.65. The van der Waals surface area contributed by atoms with E-state index in [9.17, 15) is 0 Å². The summed E-state index contributed by atoms with van der Waals surface area (Å²) in [6, 6.07) is 0. The zero-order valence-corrected chi connectivity index (χ0v) is 9.15. The molecule has 70 valence electrons. The van der Waals surface area contributed by atoms with Crippen LogP contribution in [0.25, 0.3) is 0 Å². The van der Waals surface area contributed by atoms with E-state index >= 15 is 0 Å². The van der Waals surface area contributed by atoms with Crippen LogP contribution in [0.5, 0.6) is 0 Å². The summed E-state index contributed by atoms with van der Waals surface area (Å²) in [7, 11) is 0. The predicted molar refractivity (Wildman–Crippen MR) is 59.4 cm³/mol. The topological polar surface area (TPSA) is 0 Å². The van der Waals surface area contributed by atoms with Crippen LogP contribution >= 0.6 is 0 Å². The maximum Gasteiger partial charge on any atom is -0.0305 e. The van der Waals surface area contributed by atoms with E-state index in [4.69, 9.17) is 0 Å². The van der Waals surface area contributed by atoms with Crippen LogP contribution in [0, 0.1) is 0 Å². The van der Waals surface area contributed by atoms with Crippen molar-refractivity contribution in [3.8, 4) is 0 Å². The lowest BCUT2D eigenvalue weighted by molar-refractivity contribution is 1.12. The van der Waals surface area contributed by atoms with Crippen molar-refractivity contribution < 1.29 is 0 Å². The monoisotopic (exact) mass is 166 g/mol. The average molecular weight is 166 g/mol. The highest BCUT2D eigenvalue weighted by molar-refractivity contribution is 5.29. The first-order chi connectivity index (χ1) is 5.76. The number of hydrogen-bond donors (Lipinski definition) is 0. The van der Waals surface area contributed by atoms with Crippen molar-refractivity contribution >= 4 is 0 Å². The highest BCUT2D eigenvalue weighted by Crippen LogP contribution is 2.09. The van der Waals surface area contributed by atoms with E-state index < -0.39 is 0 Å². The quantitative estimate of drug-likeness (QED) is 0.541. The minimum absolute atomic E-state index is 1.07. The van der Waals surface area contributed by atoms with Gasteiger partial charge >= 0.3 is 0 Å². The molecule has 0 amide bonds. The van der Waals surface area contributed by atoms with Crippen LogP contribution in [0.15, 0.2) is 36.0 Å². The molecule has 0 bridgehead atoms. The van der Waals surface area contributed by atoms with Crippen molar-refractivity contribution in [3.05, 3.63) is 36.0 Å². The molecule has 0 heterocycles. The van der Waals surface area contributed by atoms with Crippen LogP contribution in [-0.4, -0.2) is 0 Å². The third kappa shape index (κ3) is 5.96. The van der Waals surface area contributed by atoms with Crippen LogP contribution in [-0.2, 0) is 0 Å². The fourth-order valence-electron chi connectivity index (χ4n) is 0.941. The molecule has 12 heavy (non-hydrogen) atoms. The molecule has 0 heteroatoms. The first kappa shape index (κ1) is 13.8. The Kier molecular flexibility index (Phi) is 11.7. The van der Waals surface area contributed by atoms with Crippen molar-refractivity contribution in [2.45, 2.75) is 41.0 Å². The number of allylic oxidation sites excluding steroid dienone is 5. The zero-order valence-electron chi connectivity index (χ0n) is 9.15. The Bertz CT molecular complexity index is 159. The lowest BCUT2D eigenvalue weighted by Crippen LogP contribution is -1.78. The molecule has 0 aromatic heterocycles. The minimum Gasteiger partial charge on any atom is -0.0988 e. The molecule has 0 N–H and O–H groups in total. The van der Waals surface area contributed by atoms with Crippen molar-refractivity contribution in [2.24, 2.45) is 0 Å². The molecule has 0 aliphatic rings. The van der Waals surface area contributed by atoms with Crippen molar-refractivity contribution in [1.29, 1.82) is 0 Å². The van der Waals surface area contributed by atoms with Gasteiger partial charge in [-0.25, -0.2) is 0 Å². The molecule has 0 fully saturated rings.